The van der Waals surface area contributed by atoms with Crippen LogP contribution in [0.5, 0.6) is 5.75 Å². The summed E-state index contributed by atoms with van der Waals surface area (Å²) in [5.41, 5.74) is 2.74. The molecule has 154 valence electrons. The number of rotatable bonds is 4. The zero-order valence-electron chi connectivity index (χ0n) is 16.9. The topological polar surface area (TPSA) is 68.5 Å². The highest BCUT2D eigenvalue weighted by molar-refractivity contribution is 6.05. The Morgan fingerprint density at radius 3 is 2.48 bits per heavy atom. The van der Waals surface area contributed by atoms with Crippen LogP contribution in [-0.2, 0) is 4.79 Å². The SMILES string of the molecule is CC=O.COc1cccc2cc(C(=O)Nc3ccc(C4CCCCC4)cc3)oc12.[HH]. The van der Waals surface area contributed by atoms with Crippen LogP contribution in [-0.4, -0.2) is 19.3 Å². The first kappa shape index (κ1) is 20.6. The fourth-order valence-electron chi connectivity index (χ4n) is 3.78. The van der Waals surface area contributed by atoms with Crippen molar-refractivity contribution in [3.05, 3.63) is 59.9 Å². The van der Waals surface area contributed by atoms with Crippen molar-refractivity contribution in [2.45, 2.75) is 44.9 Å². The molecule has 3 aromatic rings. The van der Waals surface area contributed by atoms with Gasteiger partial charge in [0.1, 0.15) is 6.29 Å². The molecule has 0 radical (unpaired) electrons. The van der Waals surface area contributed by atoms with Crippen molar-refractivity contribution >= 4 is 28.8 Å². The molecule has 1 heterocycles. The molecule has 0 aliphatic heterocycles. The number of benzene rings is 2. The Hall–Kier alpha value is -3.08. The van der Waals surface area contributed by atoms with Gasteiger partial charge in [-0.1, -0.05) is 43.5 Å². The number of hydrogen-bond donors (Lipinski definition) is 1. The third-order valence-electron chi connectivity index (χ3n) is 5.20. The van der Waals surface area contributed by atoms with Crippen molar-refractivity contribution in [3.63, 3.8) is 0 Å². The average Bonchev–Trinajstić information content (AvgIpc) is 3.20. The van der Waals surface area contributed by atoms with E-state index < -0.39 is 0 Å². The van der Waals surface area contributed by atoms with E-state index in [0.717, 1.165) is 17.4 Å². The van der Waals surface area contributed by atoms with Gasteiger partial charge in [-0.3, -0.25) is 4.79 Å². The maximum Gasteiger partial charge on any atom is 0.291 e. The van der Waals surface area contributed by atoms with Gasteiger partial charge in [0.05, 0.1) is 7.11 Å². The molecule has 0 spiro atoms. The largest absolute Gasteiger partial charge is 0.493 e. The van der Waals surface area contributed by atoms with Crippen LogP contribution in [0.3, 0.4) is 0 Å². The van der Waals surface area contributed by atoms with Crippen LogP contribution in [0.4, 0.5) is 5.69 Å². The predicted octanol–water partition coefficient (Wildman–Crippen LogP) is 6.19. The summed E-state index contributed by atoms with van der Waals surface area (Å²) < 4.78 is 11.0. The third kappa shape index (κ3) is 5.05. The minimum absolute atomic E-state index is 0. The van der Waals surface area contributed by atoms with E-state index in [-0.39, 0.29) is 13.1 Å². The van der Waals surface area contributed by atoms with Gasteiger partial charge < -0.3 is 19.3 Å². The van der Waals surface area contributed by atoms with Crippen LogP contribution in [0.2, 0.25) is 0 Å². The van der Waals surface area contributed by atoms with Crippen LogP contribution in [0, 0.1) is 0 Å². The van der Waals surface area contributed by atoms with Gasteiger partial charge in [-0.05, 0) is 55.5 Å². The van der Waals surface area contributed by atoms with Crippen LogP contribution < -0.4 is 10.1 Å². The van der Waals surface area contributed by atoms with Crippen molar-refractivity contribution in [2.24, 2.45) is 0 Å². The molecule has 0 saturated heterocycles. The van der Waals surface area contributed by atoms with Crippen molar-refractivity contribution in [1.82, 2.24) is 0 Å². The first-order valence-corrected chi connectivity index (χ1v) is 10.0. The van der Waals surface area contributed by atoms with Gasteiger partial charge in [-0.15, -0.1) is 0 Å². The molecule has 4 rings (SSSR count). The molecule has 1 N–H and O–H groups in total. The van der Waals surface area contributed by atoms with Gasteiger partial charge in [-0.2, -0.15) is 0 Å². The summed E-state index contributed by atoms with van der Waals surface area (Å²) in [4.78, 5) is 21.3. The van der Waals surface area contributed by atoms with Crippen LogP contribution in [0.1, 0.15) is 62.5 Å². The summed E-state index contributed by atoms with van der Waals surface area (Å²) in [6, 6.07) is 15.6. The molecule has 1 fully saturated rings. The minimum Gasteiger partial charge on any atom is -0.493 e. The molecule has 1 aromatic heterocycles. The Balaban J connectivity index is 0.000000757. The van der Waals surface area contributed by atoms with E-state index in [1.54, 1.807) is 13.2 Å². The normalized spacial score (nSPS) is 14.0. The lowest BCUT2D eigenvalue weighted by atomic mass is 9.84. The van der Waals surface area contributed by atoms with Crippen molar-refractivity contribution < 1.29 is 20.2 Å². The average molecular weight is 395 g/mol. The number of hydrogen-bond acceptors (Lipinski definition) is 4. The first-order chi connectivity index (χ1) is 14.2. The van der Waals surface area contributed by atoms with Gasteiger partial charge >= 0.3 is 0 Å². The number of nitrogens with one attached hydrogen (secondary N) is 1. The molecule has 5 nitrogen and oxygen atoms in total. The first-order valence-electron chi connectivity index (χ1n) is 10.0. The molecule has 1 saturated carbocycles. The molecule has 1 aliphatic rings. The fraction of sp³-hybridized carbons (Fsp3) is 0.333. The fourth-order valence-corrected chi connectivity index (χ4v) is 3.78. The molecule has 2 aromatic carbocycles. The number of carbonyl (C=O) groups excluding carboxylic acids is 2. The van der Waals surface area contributed by atoms with E-state index in [4.69, 9.17) is 13.9 Å². The maximum atomic E-state index is 12.5. The lowest BCUT2D eigenvalue weighted by Crippen LogP contribution is -2.11. The predicted molar refractivity (Wildman–Crippen MR) is 117 cm³/mol. The highest BCUT2D eigenvalue weighted by Gasteiger charge is 2.17. The molecule has 1 aliphatic carbocycles. The van der Waals surface area contributed by atoms with E-state index in [0.29, 0.717) is 17.3 Å². The molecular formula is C24H29NO4. The van der Waals surface area contributed by atoms with Crippen molar-refractivity contribution in [1.29, 1.82) is 0 Å². The number of anilines is 1. The molecule has 29 heavy (non-hydrogen) atoms. The molecule has 0 atom stereocenters. The van der Waals surface area contributed by atoms with Gasteiger partial charge in [0.25, 0.3) is 5.91 Å². The third-order valence-corrected chi connectivity index (χ3v) is 5.20. The van der Waals surface area contributed by atoms with Gasteiger partial charge in [0.2, 0.25) is 0 Å². The number of furan rings is 1. The number of para-hydroxylation sites is 1. The van der Waals surface area contributed by atoms with E-state index in [9.17, 15) is 4.79 Å². The smallest absolute Gasteiger partial charge is 0.291 e. The quantitative estimate of drug-likeness (QED) is 0.535. The summed E-state index contributed by atoms with van der Waals surface area (Å²) in [6.45, 7) is 1.44. The lowest BCUT2D eigenvalue weighted by Gasteiger charge is -2.22. The van der Waals surface area contributed by atoms with Gasteiger partial charge in [-0.25, -0.2) is 0 Å². The number of carbonyl (C=O) groups is 2. The zero-order chi connectivity index (χ0) is 20.6. The Bertz CT molecular complexity index is 959. The van der Waals surface area contributed by atoms with Crippen LogP contribution in [0.15, 0.2) is 52.9 Å². The second-order valence-electron chi connectivity index (χ2n) is 7.14. The van der Waals surface area contributed by atoms with E-state index in [2.05, 4.69) is 17.4 Å². The number of ether oxygens (including phenoxy) is 1. The van der Waals surface area contributed by atoms with Crippen LogP contribution >= 0.6 is 0 Å². The maximum absolute atomic E-state index is 12.5. The monoisotopic (exact) mass is 395 g/mol. The highest BCUT2D eigenvalue weighted by atomic mass is 16.5. The molecule has 1 amide bonds. The molecule has 0 unspecified atom stereocenters. The Morgan fingerprint density at radius 1 is 1.14 bits per heavy atom. The Labute approximate surface area is 172 Å². The number of fused-ring (bicyclic) bond motifs is 1. The van der Waals surface area contributed by atoms with Crippen molar-refractivity contribution in [3.8, 4) is 5.75 Å². The summed E-state index contributed by atoms with van der Waals surface area (Å²) in [6.07, 6.45) is 7.28. The van der Waals surface area contributed by atoms with E-state index in [1.165, 1.54) is 44.6 Å². The summed E-state index contributed by atoms with van der Waals surface area (Å²) >= 11 is 0. The summed E-state index contributed by atoms with van der Waals surface area (Å²) in [5, 5.41) is 3.76. The lowest BCUT2D eigenvalue weighted by molar-refractivity contribution is -0.106. The molecule has 0 bridgehead atoms. The summed E-state index contributed by atoms with van der Waals surface area (Å²) in [7, 11) is 1.59. The van der Waals surface area contributed by atoms with Gasteiger partial charge in [0, 0.05) is 12.5 Å². The van der Waals surface area contributed by atoms with Crippen molar-refractivity contribution in [2.75, 3.05) is 12.4 Å². The molecule has 5 heteroatoms. The molecular weight excluding hydrogens is 366 g/mol. The Morgan fingerprint density at radius 2 is 1.83 bits per heavy atom. The number of methoxy groups -OCH3 is 1. The number of amides is 1. The number of aldehydes is 1. The van der Waals surface area contributed by atoms with E-state index in [1.807, 2.05) is 30.3 Å². The summed E-state index contributed by atoms with van der Waals surface area (Å²) in [5.74, 6) is 1.31. The standard InChI is InChI=1S/C22H23NO3.C2H4O.H2/c1-25-19-9-5-8-17-14-20(26-21(17)19)22(24)23-18-12-10-16(11-13-18)15-6-3-2-4-7-15;1-2-3;/h5,8-15H,2-4,6-7H2,1H3,(H,23,24);2H,1H3;1H. The highest BCUT2D eigenvalue weighted by Crippen LogP contribution is 2.33. The zero-order valence-corrected chi connectivity index (χ0v) is 16.9. The van der Waals surface area contributed by atoms with Gasteiger partial charge in [0.15, 0.2) is 17.1 Å². The van der Waals surface area contributed by atoms with E-state index >= 15 is 0 Å². The second-order valence-corrected chi connectivity index (χ2v) is 7.14. The second kappa shape index (κ2) is 9.92. The Kier molecular flexibility index (Phi) is 7.06. The van der Waals surface area contributed by atoms with Crippen LogP contribution in [0.25, 0.3) is 11.0 Å². The minimum atomic E-state index is -0.256.